The Hall–Kier alpha value is -1.03. The number of aryl methyl sites for hydroxylation is 2. The first kappa shape index (κ1) is 14.4. The van der Waals surface area contributed by atoms with Crippen LogP contribution in [0.4, 0.5) is 5.95 Å². The van der Waals surface area contributed by atoms with E-state index < -0.39 is 0 Å². The molecule has 0 bridgehead atoms. The molecule has 1 fully saturated rings. The molecule has 0 amide bonds. The molecule has 0 spiro atoms. The van der Waals surface area contributed by atoms with Crippen LogP contribution < -0.4 is 5.32 Å². The van der Waals surface area contributed by atoms with E-state index in [0.717, 1.165) is 43.7 Å². The lowest BCUT2D eigenvalue weighted by Crippen LogP contribution is -2.19. The minimum absolute atomic E-state index is 0.805. The van der Waals surface area contributed by atoms with E-state index in [0.29, 0.717) is 0 Å². The minimum atomic E-state index is 0.805. The van der Waals surface area contributed by atoms with Gasteiger partial charge in [0.05, 0.1) is 5.69 Å². The maximum absolute atomic E-state index is 5.11. The number of nitrogens with zero attached hydrogens (tertiary/aromatic N) is 2. The molecule has 0 saturated heterocycles. The monoisotopic (exact) mass is 265 g/mol. The van der Waals surface area contributed by atoms with Gasteiger partial charge in [0.2, 0.25) is 5.95 Å². The summed E-state index contributed by atoms with van der Waals surface area (Å²) in [6, 6.07) is 0. The Morgan fingerprint density at radius 3 is 2.89 bits per heavy atom. The van der Waals surface area contributed by atoms with Crippen molar-refractivity contribution in [3.63, 3.8) is 0 Å². The Kier molecular flexibility index (Phi) is 5.70. The van der Waals surface area contributed by atoms with E-state index in [1.807, 2.05) is 0 Å². The van der Waals surface area contributed by atoms with Crippen LogP contribution in [0, 0.1) is 12.8 Å². The lowest BCUT2D eigenvalue weighted by Gasteiger charge is -2.22. The number of imidazole rings is 1. The number of nitrogens with one attached hydrogen (secondary N) is 1. The van der Waals surface area contributed by atoms with Crippen LogP contribution in [0.2, 0.25) is 0 Å². The fraction of sp³-hybridized carbons (Fsp3) is 0.800. The van der Waals surface area contributed by atoms with E-state index in [1.54, 1.807) is 7.11 Å². The number of anilines is 1. The highest BCUT2D eigenvalue weighted by atomic mass is 16.5. The van der Waals surface area contributed by atoms with E-state index in [9.17, 15) is 0 Å². The molecule has 1 aromatic heterocycles. The van der Waals surface area contributed by atoms with Crippen LogP contribution >= 0.6 is 0 Å². The number of methoxy groups -OCH3 is 1. The molecule has 0 aliphatic heterocycles. The van der Waals surface area contributed by atoms with Crippen LogP contribution in [-0.4, -0.2) is 29.8 Å². The highest BCUT2D eigenvalue weighted by molar-refractivity contribution is 5.28. The van der Waals surface area contributed by atoms with Gasteiger partial charge in [0.25, 0.3) is 0 Å². The molecule has 108 valence electrons. The first-order chi connectivity index (χ1) is 9.29. The molecule has 1 aliphatic carbocycles. The second-order valence-corrected chi connectivity index (χ2v) is 5.63. The summed E-state index contributed by atoms with van der Waals surface area (Å²) in [5.41, 5.74) is 1.09. The normalized spacial score (nSPS) is 16.7. The van der Waals surface area contributed by atoms with Crippen molar-refractivity contribution >= 4 is 5.95 Å². The summed E-state index contributed by atoms with van der Waals surface area (Å²) in [7, 11) is 1.75. The summed E-state index contributed by atoms with van der Waals surface area (Å²) < 4.78 is 7.33. The Labute approximate surface area is 116 Å². The zero-order valence-electron chi connectivity index (χ0n) is 12.3. The molecule has 1 heterocycles. The number of rotatable bonds is 7. The van der Waals surface area contributed by atoms with Crippen molar-refractivity contribution in [3.8, 4) is 0 Å². The predicted octanol–water partition coefficient (Wildman–Crippen LogP) is 3.22. The average Bonchev–Trinajstić information content (AvgIpc) is 2.78. The summed E-state index contributed by atoms with van der Waals surface area (Å²) in [4.78, 5) is 4.58. The third kappa shape index (κ3) is 4.53. The topological polar surface area (TPSA) is 39.1 Å². The zero-order chi connectivity index (χ0) is 13.5. The van der Waals surface area contributed by atoms with Crippen molar-refractivity contribution in [1.29, 1.82) is 0 Å². The van der Waals surface area contributed by atoms with Crippen LogP contribution in [0.15, 0.2) is 6.20 Å². The molecule has 0 radical (unpaired) electrons. The van der Waals surface area contributed by atoms with Crippen LogP contribution in [0.5, 0.6) is 0 Å². The van der Waals surface area contributed by atoms with E-state index in [4.69, 9.17) is 4.74 Å². The van der Waals surface area contributed by atoms with Gasteiger partial charge in [-0.2, -0.15) is 0 Å². The Balaban J connectivity index is 1.83. The van der Waals surface area contributed by atoms with E-state index in [-0.39, 0.29) is 0 Å². The second-order valence-electron chi connectivity index (χ2n) is 5.63. The molecular weight excluding hydrogens is 238 g/mol. The molecule has 1 aromatic rings. The van der Waals surface area contributed by atoms with Gasteiger partial charge in [0, 0.05) is 33.0 Å². The fourth-order valence-corrected chi connectivity index (χ4v) is 2.86. The molecular formula is C15H27N3O. The lowest BCUT2D eigenvalue weighted by atomic mass is 9.89. The van der Waals surface area contributed by atoms with Gasteiger partial charge in [0.15, 0.2) is 0 Å². The molecule has 0 aromatic carbocycles. The molecule has 4 heteroatoms. The lowest BCUT2D eigenvalue weighted by molar-refractivity contribution is 0.190. The maximum Gasteiger partial charge on any atom is 0.203 e. The van der Waals surface area contributed by atoms with E-state index in [1.165, 1.54) is 32.1 Å². The van der Waals surface area contributed by atoms with Crippen LogP contribution in [0.3, 0.4) is 0 Å². The first-order valence-corrected chi connectivity index (χ1v) is 7.56. The first-order valence-electron chi connectivity index (χ1n) is 7.56. The van der Waals surface area contributed by atoms with Gasteiger partial charge >= 0.3 is 0 Å². The molecule has 0 atom stereocenters. The average molecular weight is 265 g/mol. The number of aromatic nitrogens is 2. The molecule has 4 nitrogen and oxygen atoms in total. The summed E-state index contributed by atoms with van der Waals surface area (Å²) >= 11 is 0. The molecule has 2 rings (SSSR count). The third-order valence-electron chi connectivity index (χ3n) is 3.92. The molecule has 1 saturated carbocycles. The van der Waals surface area contributed by atoms with Crippen molar-refractivity contribution in [2.24, 2.45) is 5.92 Å². The van der Waals surface area contributed by atoms with Gasteiger partial charge in [-0.15, -0.1) is 0 Å². The van der Waals surface area contributed by atoms with Gasteiger partial charge in [-0.25, -0.2) is 4.98 Å². The zero-order valence-corrected chi connectivity index (χ0v) is 12.3. The van der Waals surface area contributed by atoms with Crippen LogP contribution in [0.25, 0.3) is 0 Å². The van der Waals surface area contributed by atoms with E-state index >= 15 is 0 Å². The molecule has 1 N–H and O–H groups in total. The summed E-state index contributed by atoms with van der Waals surface area (Å²) in [6.45, 7) is 4.90. The Bertz CT molecular complexity index is 369. The standard InChI is InChI=1S/C15H27N3O/c1-13-12-18(9-6-10-19-2)15(17-13)16-11-14-7-4-3-5-8-14/h12,14H,3-11H2,1-2H3,(H,16,17). The largest absolute Gasteiger partial charge is 0.385 e. The van der Waals surface area contributed by atoms with Gasteiger partial charge in [-0.3, -0.25) is 0 Å². The van der Waals surface area contributed by atoms with Gasteiger partial charge in [0.1, 0.15) is 0 Å². The predicted molar refractivity (Wildman–Crippen MR) is 78.5 cm³/mol. The Morgan fingerprint density at radius 2 is 2.16 bits per heavy atom. The van der Waals surface area contributed by atoms with E-state index in [2.05, 4.69) is 28.0 Å². The third-order valence-corrected chi connectivity index (χ3v) is 3.92. The van der Waals surface area contributed by atoms with Crippen molar-refractivity contribution in [2.75, 3.05) is 25.6 Å². The van der Waals surface area contributed by atoms with Gasteiger partial charge in [-0.1, -0.05) is 19.3 Å². The fourth-order valence-electron chi connectivity index (χ4n) is 2.86. The number of ether oxygens (including phenoxy) is 1. The number of hydrogen-bond donors (Lipinski definition) is 1. The Morgan fingerprint density at radius 1 is 1.37 bits per heavy atom. The van der Waals surface area contributed by atoms with Crippen LogP contribution in [0.1, 0.15) is 44.2 Å². The van der Waals surface area contributed by atoms with Crippen LogP contribution in [-0.2, 0) is 11.3 Å². The summed E-state index contributed by atoms with van der Waals surface area (Å²) in [5.74, 6) is 1.86. The molecule has 1 aliphatic rings. The molecule has 19 heavy (non-hydrogen) atoms. The molecule has 0 unspecified atom stereocenters. The van der Waals surface area contributed by atoms with Crippen molar-refractivity contribution < 1.29 is 4.74 Å². The highest BCUT2D eigenvalue weighted by Gasteiger charge is 2.14. The highest BCUT2D eigenvalue weighted by Crippen LogP contribution is 2.24. The smallest absolute Gasteiger partial charge is 0.203 e. The SMILES string of the molecule is COCCCn1cc(C)nc1NCC1CCCCC1. The minimum Gasteiger partial charge on any atom is -0.385 e. The quantitative estimate of drug-likeness (QED) is 0.769. The van der Waals surface area contributed by atoms with Crippen molar-refractivity contribution in [2.45, 2.75) is 52.0 Å². The summed E-state index contributed by atoms with van der Waals surface area (Å²) in [6.07, 6.45) is 10.1. The number of hydrogen-bond acceptors (Lipinski definition) is 3. The van der Waals surface area contributed by atoms with Gasteiger partial charge < -0.3 is 14.6 Å². The van der Waals surface area contributed by atoms with Crippen molar-refractivity contribution in [3.05, 3.63) is 11.9 Å². The van der Waals surface area contributed by atoms with Crippen molar-refractivity contribution in [1.82, 2.24) is 9.55 Å². The summed E-state index contributed by atoms with van der Waals surface area (Å²) in [5, 5.41) is 3.54. The van der Waals surface area contributed by atoms with Gasteiger partial charge in [-0.05, 0) is 32.1 Å². The maximum atomic E-state index is 5.11. The second kappa shape index (κ2) is 7.53.